The van der Waals surface area contributed by atoms with E-state index in [9.17, 15) is 10.1 Å². The molecule has 0 amide bonds. The number of halogens is 1. The summed E-state index contributed by atoms with van der Waals surface area (Å²) in [7, 11) is 0. The van der Waals surface area contributed by atoms with Gasteiger partial charge in [0.25, 0.3) is 11.6 Å². The van der Waals surface area contributed by atoms with E-state index >= 15 is 0 Å². The Morgan fingerprint density at radius 3 is 2.95 bits per heavy atom. The highest BCUT2D eigenvalue weighted by molar-refractivity contribution is 7.13. The van der Waals surface area contributed by atoms with Gasteiger partial charge in [0.1, 0.15) is 5.03 Å². The molecule has 0 aliphatic carbocycles. The summed E-state index contributed by atoms with van der Waals surface area (Å²) in [5, 5.41) is 16.7. The van der Waals surface area contributed by atoms with Crippen molar-refractivity contribution in [1.82, 2.24) is 10.1 Å². The lowest BCUT2D eigenvalue weighted by atomic mass is 10.2. The van der Waals surface area contributed by atoms with Crippen LogP contribution in [0.25, 0.3) is 21.8 Å². The maximum absolute atomic E-state index is 10.8. The van der Waals surface area contributed by atoms with E-state index in [2.05, 4.69) is 10.1 Å². The summed E-state index contributed by atoms with van der Waals surface area (Å²) in [6.07, 6.45) is 1.54. The molecule has 0 N–H and O–H groups in total. The lowest BCUT2D eigenvalue weighted by Gasteiger charge is -1.95. The van der Waals surface area contributed by atoms with E-state index in [1.807, 2.05) is 17.5 Å². The predicted octanol–water partition coefficient (Wildman–Crippen LogP) is 4.44. The van der Waals surface area contributed by atoms with E-state index in [0.717, 1.165) is 4.88 Å². The third-order valence-electron chi connectivity index (χ3n) is 2.75. The number of aromatic nitrogens is 2. The van der Waals surface area contributed by atoms with Gasteiger partial charge in [-0.15, -0.1) is 11.3 Å². The first kappa shape index (κ1) is 14.4. The van der Waals surface area contributed by atoms with Crippen molar-refractivity contribution in [3.63, 3.8) is 0 Å². The highest BCUT2D eigenvalue weighted by atomic mass is 35.5. The minimum atomic E-state index is -0.465. The van der Waals surface area contributed by atoms with Crippen LogP contribution in [0.1, 0.15) is 11.5 Å². The fourth-order valence-corrected chi connectivity index (χ4v) is 2.61. The fraction of sp³-hybridized carbons (Fsp3) is 0. The van der Waals surface area contributed by atoms with Gasteiger partial charge in [-0.3, -0.25) is 10.1 Å². The second-order valence-electron chi connectivity index (χ2n) is 4.24. The average molecular weight is 334 g/mol. The molecule has 0 unspecified atom stereocenters. The van der Waals surface area contributed by atoms with Crippen molar-refractivity contribution in [1.29, 1.82) is 0 Å². The minimum Gasteiger partial charge on any atom is -0.333 e. The van der Waals surface area contributed by atoms with E-state index < -0.39 is 4.92 Å². The van der Waals surface area contributed by atoms with Crippen molar-refractivity contribution in [2.45, 2.75) is 0 Å². The number of hydrogen-bond donors (Lipinski definition) is 0. The quantitative estimate of drug-likeness (QED) is 0.520. The highest BCUT2D eigenvalue weighted by Gasteiger charge is 2.12. The van der Waals surface area contributed by atoms with E-state index in [-0.39, 0.29) is 16.6 Å². The van der Waals surface area contributed by atoms with Gasteiger partial charge in [0.05, 0.1) is 9.80 Å². The Morgan fingerprint density at radius 2 is 2.23 bits per heavy atom. The molecule has 8 heteroatoms. The lowest BCUT2D eigenvalue weighted by Crippen LogP contribution is -1.87. The molecular weight excluding hydrogens is 326 g/mol. The number of rotatable bonds is 4. The Kier molecular flexibility index (Phi) is 3.99. The molecular formula is C14H8ClN3O3S. The molecule has 6 nitrogen and oxygen atoms in total. The van der Waals surface area contributed by atoms with Crippen molar-refractivity contribution in [2.75, 3.05) is 0 Å². The molecule has 0 aliphatic rings. The SMILES string of the molecule is O=[N+]([O-])c1cccc(C=C(Cl)c2nc(-c3cccs3)no2)c1. The number of nitrogens with zero attached hydrogens (tertiary/aromatic N) is 3. The highest BCUT2D eigenvalue weighted by Crippen LogP contribution is 2.26. The fourth-order valence-electron chi connectivity index (χ4n) is 1.76. The smallest absolute Gasteiger partial charge is 0.270 e. The number of thiophene rings is 1. The molecule has 0 radical (unpaired) electrons. The number of non-ortho nitro benzene ring substituents is 1. The Labute approximate surface area is 133 Å². The van der Waals surface area contributed by atoms with Gasteiger partial charge >= 0.3 is 0 Å². The molecule has 2 aromatic heterocycles. The summed E-state index contributed by atoms with van der Waals surface area (Å²) >= 11 is 7.63. The number of benzene rings is 1. The van der Waals surface area contributed by atoms with Crippen molar-refractivity contribution < 1.29 is 9.45 Å². The second kappa shape index (κ2) is 6.08. The number of hydrogen-bond acceptors (Lipinski definition) is 6. The van der Waals surface area contributed by atoms with Crippen LogP contribution in [-0.2, 0) is 0 Å². The van der Waals surface area contributed by atoms with E-state index in [0.29, 0.717) is 11.4 Å². The van der Waals surface area contributed by atoms with Crippen LogP contribution in [0.4, 0.5) is 5.69 Å². The first-order valence-corrected chi connectivity index (χ1v) is 7.39. The Hall–Kier alpha value is -2.51. The van der Waals surface area contributed by atoms with Gasteiger partial charge < -0.3 is 4.52 Å². The van der Waals surface area contributed by atoms with Gasteiger partial charge in [0, 0.05) is 12.1 Å². The zero-order valence-corrected chi connectivity index (χ0v) is 12.5. The van der Waals surface area contributed by atoms with Crippen LogP contribution in [0.3, 0.4) is 0 Å². The first-order chi connectivity index (χ1) is 10.6. The molecule has 2 heterocycles. The number of nitro groups is 1. The van der Waals surface area contributed by atoms with Crippen molar-refractivity contribution in [3.8, 4) is 10.7 Å². The van der Waals surface area contributed by atoms with Crippen molar-refractivity contribution >= 4 is 39.7 Å². The molecule has 0 spiro atoms. The Balaban J connectivity index is 1.89. The van der Waals surface area contributed by atoms with Gasteiger partial charge in [-0.2, -0.15) is 4.98 Å². The molecule has 1 aromatic carbocycles. The molecule has 0 atom stereocenters. The molecule has 22 heavy (non-hydrogen) atoms. The Morgan fingerprint density at radius 1 is 1.36 bits per heavy atom. The average Bonchev–Trinajstić information content (AvgIpc) is 3.18. The van der Waals surface area contributed by atoms with Gasteiger partial charge in [-0.25, -0.2) is 0 Å². The van der Waals surface area contributed by atoms with Gasteiger partial charge in [-0.1, -0.05) is 35.0 Å². The normalized spacial score (nSPS) is 11.6. The molecule has 0 bridgehead atoms. The molecule has 0 fully saturated rings. The standard InChI is InChI=1S/C14H8ClN3O3S/c15-11(8-9-3-1-4-10(7-9)18(19)20)14-16-13(17-21-14)12-5-2-6-22-12/h1-8H. The summed E-state index contributed by atoms with van der Waals surface area (Å²) in [5.74, 6) is 0.618. The molecule has 110 valence electrons. The molecule has 0 aliphatic heterocycles. The maximum atomic E-state index is 10.8. The van der Waals surface area contributed by atoms with E-state index in [4.69, 9.17) is 16.1 Å². The molecule has 0 saturated heterocycles. The number of nitro benzene ring substituents is 1. The second-order valence-corrected chi connectivity index (χ2v) is 5.60. The monoisotopic (exact) mass is 333 g/mol. The van der Waals surface area contributed by atoms with Gasteiger partial charge in [-0.05, 0) is 23.1 Å². The molecule has 3 aromatic rings. The Bertz CT molecular complexity index is 843. The third kappa shape index (κ3) is 3.05. The van der Waals surface area contributed by atoms with Crippen LogP contribution in [0.15, 0.2) is 46.3 Å². The summed E-state index contributed by atoms with van der Waals surface area (Å²) in [6, 6.07) is 9.87. The third-order valence-corrected chi connectivity index (χ3v) is 3.88. The van der Waals surface area contributed by atoms with Gasteiger partial charge in [0.2, 0.25) is 5.82 Å². The van der Waals surface area contributed by atoms with Crippen LogP contribution in [-0.4, -0.2) is 15.1 Å². The summed E-state index contributed by atoms with van der Waals surface area (Å²) in [6.45, 7) is 0. The lowest BCUT2D eigenvalue weighted by molar-refractivity contribution is -0.384. The summed E-state index contributed by atoms with van der Waals surface area (Å²) in [4.78, 5) is 15.4. The topological polar surface area (TPSA) is 82.1 Å². The van der Waals surface area contributed by atoms with Crippen molar-refractivity contribution in [2.24, 2.45) is 0 Å². The summed E-state index contributed by atoms with van der Waals surface area (Å²) in [5.41, 5.74) is 0.568. The van der Waals surface area contributed by atoms with Crippen LogP contribution in [0.2, 0.25) is 0 Å². The molecule has 3 rings (SSSR count). The van der Waals surface area contributed by atoms with Gasteiger partial charge in [0.15, 0.2) is 0 Å². The summed E-state index contributed by atoms with van der Waals surface area (Å²) < 4.78 is 5.11. The largest absolute Gasteiger partial charge is 0.333 e. The van der Waals surface area contributed by atoms with Crippen LogP contribution in [0.5, 0.6) is 0 Å². The maximum Gasteiger partial charge on any atom is 0.270 e. The predicted molar refractivity (Wildman–Crippen MR) is 84.4 cm³/mol. The van der Waals surface area contributed by atoms with Crippen molar-refractivity contribution in [3.05, 3.63) is 63.3 Å². The first-order valence-electron chi connectivity index (χ1n) is 6.13. The zero-order valence-electron chi connectivity index (χ0n) is 11.0. The van der Waals surface area contributed by atoms with E-state index in [1.54, 1.807) is 18.2 Å². The van der Waals surface area contributed by atoms with Crippen LogP contribution >= 0.6 is 22.9 Å². The zero-order chi connectivity index (χ0) is 15.5. The minimum absolute atomic E-state index is 0.0111. The van der Waals surface area contributed by atoms with E-state index in [1.165, 1.54) is 23.5 Å². The molecule has 0 saturated carbocycles. The van der Waals surface area contributed by atoms with Crippen LogP contribution < -0.4 is 0 Å². The van der Waals surface area contributed by atoms with Crippen LogP contribution in [0, 0.1) is 10.1 Å².